The highest BCUT2D eigenvalue weighted by Crippen LogP contribution is 2.09. The molecule has 0 aromatic carbocycles. The molecule has 1 fully saturated rings. The van der Waals surface area contributed by atoms with Crippen molar-refractivity contribution >= 4 is 5.91 Å². The average Bonchev–Trinajstić information content (AvgIpc) is 2.90. The van der Waals surface area contributed by atoms with E-state index in [1.165, 1.54) is 0 Å². The fourth-order valence-corrected chi connectivity index (χ4v) is 2.16. The van der Waals surface area contributed by atoms with Crippen LogP contribution in [-0.2, 0) is 17.9 Å². The van der Waals surface area contributed by atoms with Gasteiger partial charge in [0.2, 0.25) is 5.91 Å². The molecule has 0 radical (unpaired) electrons. The maximum atomic E-state index is 12.0. The lowest BCUT2D eigenvalue weighted by molar-refractivity contribution is -0.130. The molecule has 0 unspecified atom stereocenters. The third kappa shape index (κ3) is 2.44. The number of hydrogen-bond acceptors (Lipinski definition) is 2. The van der Waals surface area contributed by atoms with Crippen LogP contribution in [-0.4, -0.2) is 35.5 Å². The van der Waals surface area contributed by atoms with Crippen LogP contribution in [0.3, 0.4) is 0 Å². The smallest absolute Gasteiger partial charge is 0.242 e. The molecular weight excluding hydrogens is 202 g/mol. The van der Waals surface area contributed by atoms with Crippen molar-refractivity contribution in [2.24, 2.45) is 0 Å². The molecule has 0 saturated carbocycles. The topological polar surface area (TPSA) is 37.3 Å². The molecule has 4 heteroatoms. The number of likely N-dealkylation sites (tertiary alicyclic amines) is 1. The van der Waals surface area contributed by atoms with Crippen LogP contribution in [0, 0.1) is 0 Å². The van der Waals surface area contributed by atoms with E-state index in [0.717, 1.165) is 38.2 Å². The average molecular weight is 221 g/mol. The van der Waals surface area contributed by atoms with Gasteiger partial charge < -0.3 is 14.8 Å². The normalized spacial score (nSPS) is 15.7. The minimum absolute atomic E-state index is 0.242. The van der Waals surface area contributed by atoms with Crippen molar-refractivity contribution in [3.63, 3.8) is 0 Å². The lowest BCUT2D eigenvalue weighted by Gasteiger charge is -2.16. The van der Waals surface area contributed by atoms with Crippen LogP contribution >= 0.6 is 0 Å². The Morgan fingerprint density at radius 1 is 1.44 bits per heavy atom. The van der Waals surface area contributed by atoms with Crippen molar-refractivity contribution in [2.45, 2.75) is 25.9 Å². The summed E-state index contributed by atoms with van der Waals surface area (Å²) in [7, 11) is 1.92. The lowest BCUT2D eigenvalue weighted by atomic mass is 10.4. The quantitative estimate of drug-likeness (QED) is 0.817. The summed E-state index contributed by atoms with van der Waals surface area (Å²) in [5, 5.41) is 3.11. The van der Waals surface area contributed by atoms with Crippen LogP contribution in [0.4, 0.5) is 0 Å². The van der Waals surface area contributed by atoms with E-state index in [0.29, 0.717) is 6.54 Å². The number of nitrogens with zero attached hydrogens (tertiary/aromatic N) is 2. The Bertz CT molecular complexity index is 353. The molecule has 88 valence electrons. The zero-order chi connectivity index (χ0) is 11.4. The number of rotatable bonds is 4. The first-order chi connectivity index (χ1) is 7.81. The van der Waals surface area contributed by atoms with Crippen molar-refractivity contribution in [2.75, 3.05) is 20.1 Å². The highest BCUT2D eigenvalue weighted by Gasteiger charge is 2.18. The number of carbonyl (C=O) groups excluding carboxylic acids is 1. The first kappa shape index (κ1) is 11.2. The fraction of sp³-hybridized carbons (Fsp3) is 0.583. The number of carbonyl (C=O) groups is 1. The van der Waals surface area contributed by atoms with Crippen LogP contribution in [0.1, 0.15) is 18.5 Å². The van der Waals surface area contributed by atoms with E-state index < -0.39 is 0 Å². The second kappa shape index (κ2) is 5.16. The molecule has 2 heterocycles. The third-order valence-electron chi connectivity index (χ3n) is 3.05. The lowest BCUT2D eigenvalue weighted by Crippen LogP contribution is -2.31. The van der Waals surface area contributed by atoms with Gasteiger partial charge in [-0.3, -0.25) is 4.79 Å². The Morgan fingerprint density at radius 3 is 2.88 bits per heavy atom. The fourth-order valence-electron chi connectivity index (χ4n) is 2.16. The zero-order valence-electron chi connectivity index (χ0n) is 9.78. The highest BCUT2D eigenvalue weighted by atomic mass is 16.2. The summed E-state index contributed by atoms with van der Waals surface area (Å²) in [5.74, 6) is 0.242. The summed E-state index contributed by atoms with van der Waals surface area (Å²) < 4.78 is 2.02. The van der Waals surface area contributed by atoms with Gasteiger partial charge in [-0.1, -0.05) is 0 Å². The number of hydrogen-bond donors (Lipinski definition) is 1. The van der Waals surface area contributed by atoms with Crippen molar-refractivity contribution in [3.05, 3.63) is 24.0 Å². The molecule has 1 aliphatic rings. The second-order valence-electron chi connectivity index (χ2n) is 4.25. The molecule has 2 rings (SSSR count). The summed E-state index contributed by atoms with van der Waals surface area (Å²) in [6, 6.07) is 4.04. The molecule has 0 aliphatic carbocycles. The predicted molar refractivity (Wildman–Crippen MR) is 63.0 cm³/mol. The molecule has 4 nitrogen and oxygen atoms in total. The van der Waals surface area contributed by atoms with Crippen molar-refractivity contribution < 1.29 is 4.79 Å². The third-order valence-corrected chi connectivity index (χ3v) is 3.05. The summed E-state index contributed by atoms with van der Waals surface area (Å²) in [6.45, 7) is 3.15. The molecule has 0 spiro atoms. The molecule has 1 amide bonds. The van der Waals surface area contributed by atoms with Gasteiger partial charge in [0.15, 0.2) is 0 Å². The van der Waals surface area contributed by atoms with Crippen LogP contribution in [0.5, 0.6) is 0 Å². The van der Waals surface area contributed by atoms with Crippen molar-refractivity contribution in [1.29, 1.82) is 0 Å². The minimum Gasteiger partial charge on any atom is -0.341 e. The molecule has 1 saturated heterocycles. The Labute approximate surface area is 96.2 Å². The van der Waals surface area contributed by atoms with E-state index in [4.69, 9.17) is 0 Å². The van der Waals surface area contributed by atoms with Crippen molar-refractivity contribution in [3.8, 4) is 0 Å². The number of aromatic nitrogens is 1. The second-order valence-corrected chi connectivity index (χ2v) is 4.25. The van der Waals surface area contributed by atoms with Gasteiger partial charge in [0.05, 0.1) is 0 Å². The molecule has 0 atom stereocenters. The monoisotopic (exact) mass is 221 g/mol. The van der Waals surface area contributed by atoms with Crippen LogP contribution in [0.15, 0.2) is 18.3 Å². The zero-order valence-corrected chi connectivity index (χ0v) is 9.78. The van der Waals surface area contributed by atoms with E-state index >= 15 is 0 Å². The largest absolute Gasteiger partial charge is 0.341 e. The molecule has 1 aromatic rings. The first-order valence-electron chi connectivity index (χ1n) is 5.87. The maximum Gasteiger partial charge on any atom is 0.242 e. The summed E-state index contributed by atoms with van der Waals surface area (Å²) >= 11 is 0. The van der Waals surface area contributed by atoms with E-state index in [2.05, 4.69) is 5.32 Å². The van der Waals surface area contributed by atoms with E-state index in [9.17, 15) is 4.79 Å². The molecule has 0 bridgehead atoms. The van der Waals surface area contributed by atoms with Crippen molar-refractivity contribution in [1.82, 2.24) is 14.8 Å². The van der Waals surface area contributed by atoms with Crippen LogP contribution < -0.4 is 5.32 Å². The number of nitrogens with one attached hydrogen (secondary N) is 1. The Kier molecular flexibility index (Phi) is 3.62. The van der Waals surface area contributed by atoms with E-state index in [1.807, 2.05) is 34.8 Å². The van der Waals surface area contributed by atoms with Crippen LogP contribution in [0.2, 0.25) is 0 Å². The van der Waals surface area contributed by atoms with Crippen LogP contribution in [0.25, 0.3) is 0 Å². The molecule has 1 N–H and O–H groups in total. The minimum atomic E-state index is 0.242. The summed E-state index contributed by atoms with van der Waals surface area (Å²) in [4.78, 5) is 13.9. The standard InChI is InChI=1S/C12H19N3O/c1-13-9-11-5-4-8-15(11)10-12(16)14-6-2-3-7-14/h4-5,8,13H,2-3,6-7,9-10H2,1H3. The predicted octanol–water partition coefficient (Wildman–Crippen LogP) is 0.830. The van der Waals surface area contributed by atoms with E-state index in [1.54, 1.807) is 0 Å². The molecular formula is C12H19N3O. The number of amides is 1. The van der Waals surface area contributed by atoms with Gasteiger partial charge in [-0.2, -0.15) is 0 Å². The molecule has 16 heavy (non-hydrogen) atoms. The van der Waals surface area contributed by atoms with Gasteiger partial charge >= 0.3 is 0 Å². The van der Waals surface area contributed by atoms with Gasteiger partial charge in [0, 0.05) is 31.5 Å². The van der Waals surface area contributed by atoms with Gasteiger partial charge in [0.1, 0.15) is 6.54 Å². The van der Waals surface area contributed by atoms with E-state index in [-0.39, 0.29) is 5.91 Å². The first-order valence-corrected chi connectivity index (χ1v) is 5.87. The SMILES string of the molecule is CNCc1cccn1CC(=O)N1CCCC1. The van der Waals surface area contributed by atoms with Gasteiger partial charge in [-0.05, 0) is 32.0 Å². The summed E-state index contributed by atoms with van der Waals surface area (Å²) in [5.41, 5.74) is 1.16. The van der Waals surface area contributed by atoms with Gasteiger partial charge in [-0.15, -0.1) is 0 Å². The summed E-state index contributed by atoms with van der Waals surface area (Å²) in [6.07, 6.45) is 4.28. The maximum absolute atomic E-state index is 12.0. The van der Waals surface area contributed by atoms with Gasteiger partial charge in [0.25, 0.3) is 0 Å². The van der Waals surface area contributed by atoms with Gasteiger partial charge in [-0.25, -0.2) is 0 Å². The molecule has 1 aliphatic heterocycles. The molecule has 1 aromatic heterocycles. The highest BCUT2D eigenvalue weighted by molar-refractivity contribution is 5.76. The Morgan fingerprint density at radius 2 is 2.19 bits per heavy atom. The Hall–Kier alpha value is -1.29. The Balaban J connectivity index is 1.96.